The lowest BCUT2D eigenvalue weighted by Crippen LogP contribution is -2.02. The first-order valence-corrected chi connectivity index (χ1v) is 23.8. The van der Waals surface area contributed by atoms with E-state index < -0.39 is 0 Å². The molecule has 0 atom stereocenters. The molecule has 0 bridgehead atoms. The van der Waals surface area contributed by atoms with E-state index in [9.17, 15) is 9.59 Å². The van der Waals surface area contributed by atoms with Crippen molar-refractivity contribution < 1.29 is 28.5 Å². The van der Waals surface area contributed by atoms with Crippen molar-refractivity contribution in [1.29, 1.82) is 0 Å². The number of esters is 2. The van der Waals surface area contributed by atoms with Crippen LogP contribution in [0.15, 0.2) is 60.7 Å². The van der Waals surface area contributed by atoms with Crippen molar-refractivity contribution in [2.24, 2.45) is 0 Å². The highest BCUT2D eigenvalue weighted by Gasteiger charge is 2.25. The van der Waals surface area contributed by atoms with Gasteiger partial charge in [0.15, 0.2) is 0 Å². The summed E-state index contributed by atoms with van der Waals surface area (Å²) in [4.78, 5) is 27.8. The van der Waals surface area contributed by atoms with Crippen molar-refractivity contribution >= 4 is 54.8 Å². The van der Waals surface area contributed by atoms with Gasteiger partial charge in [-0.3, -0.25) is 0 Å². The summed E-state index contributed by atoms with van der Waals surface area (Å²) >= 11 is 3.25. The molecule has 3 aromatic carbocycles. The molecule has 0 fully saturated rings. The number of methoxy groups -OCH3 is 2. The minimum Gasteiger partial charge on any atom is -0.491 e. The summed E-state index contributed by atoms with van der Waals surface area (Å²) in [6.45, 7) is 5.75. The maximum absolute atomic E-state index is 12.9. The van der Waals surface area contributed by atoms with Crippen molar-refractivity contribution in [3.05, 3.63) is 71.8 Å². The van der Waals surface area contributed by atoms with E-state index in [0.29, 0.717) is 24.3 Å². The predicted molar refractivity (Wildman–Crippen MR) is 245 cm³/mol. The van der Waals surface area contributed by atoms with Gasteiger partial charge >= 0.3 is 11.9 Å². The zero-order valence-electron chi connectivity index (χ0n) is 35.6. The summed E-state index contributed by atoms with van der Waals surface area (Å²) in [7, 11) is 2.85. The van der Waals surface area contributed by atoms with Crippen LogP contribution in [0.2, 0.25) is 0 Å². The average molecular weight is 827 g/mol. The van der Waals surface area contributed by atoms with E-state index in [4.69, 9.17) is 18.9 Å². The number of thiophene rings is 2. The molecule has 58 heavy (non-hydrogen) atoms. The number of carbonyl (C=O) groups is 2. The Bertz CT molecular complexity index is 1810. The van der Waals surface area contributed by atoms with Crippen LogP contribution in [-0.4, -0.2) is 39.4 Å². The fourth-order valence-corrected chi connectivity index (χ4v) is 10.2. The number of unbranched alkanes of at least 4 members (excludes halogenated alkanes) is 18. The van der Waals surface area contributed by atoms with Gasteiger partial charge in [-0.05, 0) is 37.1 Å². The first-order chi connectivity index (χ1) is 28.5. The van der Waals surface area contributed by atoms with E-state index >= 15 is 0 Å². The lowest BCUT2D eigenvalue weighted by molar-refractivity contribution is 0.0592. The van der Waals surface area contributed by atoms with Crippen LogP contribution in [-0.2, 0) is 9.47 Å². The van der Waals surface area contributed by atoms with Gasteiger partial charge in [0, 0.05) is 31.7 Å². The van der Waals surface area contributed by atoms with Gasteiger partial charge in [0.2, 0.25) is 0 Å². The average Bonchev–Trinajstić information content (AvgIpc) is 3.90. The number of carbonyl (C=O) groups excluding carboxylic acids is 2. The SMILES string of the molecule is CCCCCCCCCCCCOc1c2cc(-c3ccccc3C(=O)OC)sc2c(OCCCCCCCCCCCC)c2cc(-c3ccccc3C(=O)OC)sc12. The van der Waals surface area contributed by atoms with E-state index in [0.717, 1.165) is 78.2 Å². The normalized spacial score (nSPS) is 11.4. The number of ether oxygens (including phenoxy) is 4. The van der Waals surface area contributed by atoms with Gasteiger partial charge in [0.05, 0.1) is 48.0 Å². The molecule has 5 rings (SSSR count). The Kier molecular flexibility index (Phi) is 19.4. The zero-order valence-corrected chi connectivity index (χ0v) is 37.2. The number of rotatable bonds is 28. The van der Waals surface area contributed by atoms with Gasteiger partial charge in [0.25, 0.3) is 0 Å². The largest absolute Gasteiger partial charge is 0.491 e. The quantitative estimate of drug-likeness (QED) is 0.0369. The van der Waals surface area contributed by atoms with Gasteiger partial charge in [-0.1, -0.05) is 166 Å². The first kappa shape index (κ1) is 45.2. The van der Waals surface area contributed by atoms with Crippen molar-refractivity contribution in [3.8, 4) is 32.4 Å². The van der Waals surface area contributed by atoms with Crippen molar-refractivity contribution in [1.82, 2.24) is 0 Å². The maximum Gasteiger partial charge on any atom is 0.338 e. The van der Waals surface area contributed by atoms with E-state index in [1.807, 2.05) is 48.5 Å². The van der Waals surface area contributed by atoms with E-state index in [-0.39, 0.29) is 11.9 Å². The molecule has 5 aromatic rings. The van der Waals surface area contributed by atoms with E-state index in [1.54, 1.807) is 22.7 Å². The van der Waals surface area contributed by atoms with Crippen molar-refractivity contribution in [3.63, 3.8) is 0 Å². The van der Waals surface area contributed by atoms with Crippen LogP contribution in [0.1, 0.15) is 163 Å². The summed E-state index contributed by atoms with van der Waals surface area (Å²) < 4.78 is 26.1. The lowest BCUT2D eigenvalue weighted by atomic mass is 10.0. The molecule has 0 saturated carbocycles. The standard InChI is InChI=1S/C50H66O6S2/c1-5-7-9-11-13-15-17-19-21-27-33-55-45-41-35-43(37-29-23-25-31-39(37)49(51)53-3)58-48(41)46(56-34-28-22-20-18-16-14-12-10-8-6-2)42-36-44(57-47(42)45)38-30-24-26-32-40(38)50(52)54-4/h23-26,29-32,35-36H,5-22,27-28,33-34H2,1-4H3. The second-order valence-corrected chi connectivity index (χ2v) is 17.6. The molecular formula is C50H66O6S2. The zero-order chi connectivity index (χ0) is 41.0. The number of hydrogen-bond donors (Lipinski definition) is 0. The number of fused-ring (bicyclic) bond motifs is 2. The third-order valence-corrected chi connectivity index (χ3v) is 13.4. The highest BCUT2D eigenvalue weighted by molar-refractivity contribution is 7.24. The molecule has 0 radical (unpaired) electrons. The molecule has 0 aliphatic heterocycles. The molecule has 2 heterocycles. The minimum atomic E-state index is -0.363. The maximum atomic E-state index is 12.9. The summed E-state index contributed by atoms with van der Waals surface area (Å²) in [5.41, 5.74) is 2.71. The lowest BCUT2D eigenvalue weighted by Gasteiger charge is -2.14. The molecule has 6 nitrogen and oxygen atoms in total. The van der Waals surface area contributed by atoms with Gasteiger partial charge < -0.3 is 18.9 Å². The Morgan fingerprint density at radius 2 is 0.793 bits per heavy atom. The van der Waals surface area contributed by atoms with Crippen LogP contribution in [0.4, 0.5) is 0 Å². The second kappa shape index (κ2) is 24.9. The third kappa shape index (κ3) is 12.6. The summed E-state index contributed by atoms with van der Waals surface area (Å²) in [5, 5.41) is 1.96. The Labute approximate surface area is 355 Å². The van der Waals surface area contributed by atoms with Gasteiger partial charge in [-0.25, -0.2) is 9.59 Å². The Balaban J connectivity index is 1.46. The van der Waals surface area contributed by atoms with Crippen LogP contribution >= 0.6 is 22.7 Å². The first-order valence-electron chi connectivity index (χ1n) is 22.2. The second-order valence-electron chi connectivity index (χ2n) is 15.5. The monoisotopic (exact) mass is 826 g/mol. The molecule has 8 heteroatoms. The molecule has 0 aliphatic carbocycles. The predicted octanol–water partition coefficient (Wildman–Crippen LogP) is 15.6. The Hall–Kier alpha value is -3.88. The van der Waals surface area contributed by atoms with Crippen LogP contribution in [0.3, 0.4) is 0 Å². The van der Waals surface area contributed by atoms with E-state index in [2.05, 4.69) is 26.0 Å². The Morgan fingerprint density at radius 3 is 1.14 bits per heavy atom. The van der Waals surface area contributed by atoms with Crippen LogP contribution in [0.5, 0.6) is 11.5 Å². The number of benzene rings is 3. The molecule has 0 aliphatic rings. The molecule has 0 amide bonds. The highest BCUT2D eigenvalue weighted by Crippen LogP contribution is 2.53. The fraction of sp³-hybridized carbons (Fsp3) is 0.520. The summed E-state index contributed by atoms with van der Waals surface area (Å²) in [6.07, 6.45) is 25.1. The van der Waals surface area contributed by atoms with Crippen LogP contribution in [0.25, 0.3) is 41.1 Å². The fourth-order valence-electron chi connectivity index (χ4n) is 7.75. The molecule has 0 spiro atoms. The molecular weight excluding hydrogens is 761 g/mol. The molecule has 314 valence electrons. The van der Waals surface area contributed by atoms with Crippen molar-refractivity contribution in [2.75, 3.05) is 27.4 Å². The minimum absolute atomic E-state index is 0.363. The smallest absolute Gasteiger partial charge is 0.338 e. The third-order valence-electron chi connectivity index (χ3n) is 11.1. The highest BCUT2D eigenvalue weighted by atomic mass is 32.1. The molecule has 2 aromatic heterocycles. The molecule has 0 unspecified atom stereocenters. The summed E-state index contributed by atoms with van der Waals surface area (Å²) in [6, 6.07) is 19.6. The van der Waals surface area contributed by atoms with Gasteiger partial charge in [0.1, 0.15) is 11.5 Å². The van der Waals surface area contributed by atoms with Gasteiger partial charge in [-0.2, -0.15) is 0 Å². The molecule has 0 N–H and O–H groups in total. The topological polar surface area (TPSA) is 71.1 Å². The van der Waals surface area contributed by atoms with Crippen LogP contribution < -0.4 is 9.47 Å². The number of hydrogen-bond acceptors (Lipinski definition) is 8. The molecule has 0 saturated heterocycles. The Morgan fingerprint density at radius 1 is 0.466 bits per heavy atom. The van der Waals surface area contributed by atoms with E-state index in [1.165, 1.54) is 117 Å². The van der Waals surface area contributed by atoms with Gasteiger partial charge in [-0.15, -0.1) is 22.7 Å². The summed E-state index contributed by atoms with van der Waals surface area (Å²) in [5.74, 6) is 0.935. The van der Waals surface area contributed by atoms with Crippen molar-refractivity contribution in [2.45, 2.75) is 142 Å². The van der Waals surface area contributed by atoms with Crippen LogP contribution in [0, 0.1) is 0 Å².